The lowest BCUT2D eigenvalue weighted by Gasteiger charge is -2.08. The predicted octanol–water partition coefficient (Wildman–Crippen LogP) is 4.14. The maximum atomic E-state index is 12.4. The first-order valence-corrected chi connectivity index (χ1v) is 10.1. The normalized spacial score (nSPS) is 11.0. The minimum absolute atomic E-state index is 0.0199. The number of esters is 1. The molecule has 164 valence electrons. The Bertz CT molecular complexity index is 1340. The van der Waals surface area contributed by atoms with Gasteiger partial charge in [0.05, 0.1) is 7.11 Å². The van der Waals surface area contributed by atoms with Crippen LogP contribution in [0, 0.1) is 13.8 Å². The van der Waals surface area contributed by atoms with E-state index in [1.165, 1.54) is 0 Å². The van der Waals surface area contributed by atoms with E-state index in [1.54, 1.807) is 19.2 Å². The molecule has 0 atom stereocenters. The molecule has 4 aromatic rings. The summed E-state index contributed by atoms with van der Waals surface area (Å²) >= 11 is 0. The third-order valence-corrected chi connectivity index (χ3v) is 5.28. The second-order valence-corrected chi connectivity index (χ2v) is 7.34. The molecular formula is C24H22N2O6. The van der Waals surface area contributed by atoms with E-state index in [1.807, 2.05) is 44.2 Å². The van der Waals surface area contributed by atoms with E-state index in [0.29, 0.717) is 22.7 Å². The molecule has 0 N–H and O–H groups in total. The van der Waals surface area contributed by atoms with Crippen molar-refractivity contribution in [1.29, 1.82) is 0 Å². The van der Waals surface area contributed by atoms with Gasteiger partial charge in [-0.3, -0.25) is 4.79 Å². The van der Waals surface area contributed by atoms with Gasteiger partial charge in [-0.15, -0.1) is 0 Å². The first kappa shape index (κ1) is 21.3. The number of rotatable bonds is 7. The van der Waals surface area contributed by atoms with Crippen LogP contribution < -0.4 is 10.4 Å². The van der Waals surface area contributed by atoms with Gasteiger partial charge in [0.25, 0.3) is 5.89 Å². The Hall–Kier alpha value is -3.94. The molecule has 8 nitrogen and oxygen atoms in total. The molecule has 0 unspecified atom stereocenters. The lowest BCUT2D eigenvalue weighted by atomic mass is 10.0. The second kappa shape index (κ2) is 9.05. The van der Waals surface area contributed by atoms with Crippen LogP contribution in [0.25, 0.3) is 22.4 Å². The quantitative estimate of drug-likeness (QED) is 0.316. The largest absolute Gasteiger partial charge is 0.497 e. The summed E-state index contributed by atoms with van der Waals surface area (Å²) in [7, 11) is 1.55. The van der Waals surface area contributed by atoms with Crippen LogP contribution in [0.2, 0.25) is 0 Å². The highest BCUT2D eigenvalue weighted by atomic mass is 16.6. The van der Waals surface area contributed by atoms with E-state index in [-0.39, 0.29) is 25.3 Å². The zero-order valence-electron chi connectivity index (χ0n) is 18.0. The van der Waals surface area contributed by atoms with Crippen LogP contribution >= 0.6 is 0 Å². The fourth-order valence-corrected chi connectivity index (χ4v) is 3.48. The molecule has 0 bridgehead atoms. The standard InChI is InChI=1S/C24H22N2O6/c1-14-6-4-5-7-17(14)23-25-21(32-26-23)13-30-22(27)11-10-19-15(2)18-9-8-16(29-3)12-20(18)31-24(19)28/h4-9,12H,10-11,13H2,1-3H3. The summed E-state index contributed by atoms with van der Waals surface area (Å²) in [5.74, 6) is 0.763. The Morgan fingerprint density at radius 2 is 1.94 bits per heavy atom. The first-order valence-electron chi connectivity index (χ1n) is 10.1. The second-order valence-electron chi connectivity index (χ2n) is 7.34. The summed E-state index contributed by atoms with van der Waals surface area (Å²) in [6.07, 6.45) is 0.222. The molecule has 0 saturated carbocycles. The Kier molecular flexibility index (Phi) is 6.02. The van der Waals surface area contributed by atoms with Crippen LogP contribution in [-0.4, -0.2) is 23.2 Å². The van der Waals surface area contributed by atoms with Crippen LogP contribution in [0.15, 0.2) is 56.2 Å². The summed E-state index contributed by atoms with van der Waals surface area (Å²) in [4.78, 5) is 28.9. The van der Waals surface area contributed by atoms with Crippen LogP contribution in [0.4, 0.5) is 0 Å². The number of nitrogens with zero attached hydrogens (tertiary/aromatic N) is 2. The van der Waals surface area contributed by atoms with Gasteiger partial charge in [-0.25, -0.2) is 4.79 Å². The molecule has 0 radical (unpaired) electrons. The number of ether oxygens (including phenoxy) is 2. The summed E-state index contributed by atoms with van der Waals surface area (Å²) in [5.41, 5.74) is 3.05. The molecule has 2 aromatic carbocycles. The number of methoxy groups -OCH3 is 1. The van der Waals surface area contributed by atoms with Gasteiger partial charge in [0, 0.05) is 29.0 Å². The molecule has 32 heavy (non-hydrogen) atoms. The van der Waals surface area contributed by atoms with Crippen molar-refractivity contribution in [2.45, 2.75) is 33.3 Å². The van der Waals surface area contributed by atoms with Crippen LogP contribution in [0.3, 0.4) is 0 Å². The summed E-state index contributed by atoms with van der Waals surface area (Å²) in [6, 6.07) is 12.9. The topological polar surface area (TPSA) is 105 Å². The predicted molar refractivity (Wildman–Crippen MR) is 116 cm³/mol. The molecule has 0 aliphatic rings. The lowest BCUT2D eigenvalue weighted by Crippen LogP contribution is -2.14. The van der Waals surface area contributed by atoms with Gasteiger partial charge in [0.15, 0.2) is 6.61 Å². The third-order valence-electron chi connectivity index (χ3n) is 5.28. The van der Waals surface area contributed by atoms with Crippen LogP contribution in [-0.2, 0) is 22.6 Å². The lowest BCUT2D eigenvalue weighted by molar-refractivity contribution is -0.145. The number of fused-ring (bicyclic) bond motifs is 1. The Labute approximate surface area is 183 Å². The Balaban J connectivity index is 1.39. The van der Waals surface area contributed by atoms with Gasteiger partial charge in [0.2, 0.25) is 5.82 Å². The minimum atomic E-state index is -0.478. The van der Waals surface area contributed by atoms with Crippen molar-refractivity contribution in [3.63, 3.8) is 0 Å². The van der Waals surface area contributed by atoms with Crippen molar-refractivity contribution in [1.82, 2.24) is 10.1 Å². The smallest absolute Gasteiger partial charge is 0.339 e. The molecule has 0 aliphatic carbocycles. The molecule has 0 amide bonds. The summed E-state index contributed by atoms with van der Waals surface area (Å²) < 4.78 is 21.0. The third kappa shape index (κ3) is 4.39. The van der Waals surface area contributed by atoms with Crippen LogP contribution in [0.5, 0.6) is 5.75 Å². The van der Waals surface area contributed by atoms with E-state index < -0.39 is 11.6 Å². The molecule has 8 heteroatoms. The van der Waals surface area contributed by atoms with Crippen molar-refractivity contribution in [2.24, 2.45) is 0 Å². The van der Waals surface area contributed by atoms with Gasteiger partial charge in [0.1, 0.15) is 11.3 Å². The number of aromatic nitrogens is 2. The van der Waals surface area contributed by atoms with E-state index in [4.69, 9.17) is 18.4 Å². The van der Waals surface area contributed by atoms with Crippen molar-refractivity contribution >= 4 is 16.9 Å². The molecule has 2 aromatic heterocycles. The molecule has 2 heterocycles. The Morgan fingerprint density at radius 1 is 1.12 bits per heavy atom. The van der Waals surface area contributed by atoms with Gasteiger partial charge in [-0.05, 0) is 43.5 Å². The zero-order valence-corrected chi connectivity index (χ0v) is 18.0. The van der Waals surface area contributed by atoms with Gasteiger partial charge in [-0.1, -0.05) is 29.4 Å². The molecule has 0 fully saturated rings. The molecule has 4 rings (SSSR count). The average molecular weight is 434 g/mol. The van der Waals surface area contributed by atoms with Crippen molar-refractivity contribution in [2.75, 3.05) is 7.11 Å². The number of hydrogen-bond acceptors (Lipinski definition) is 8. The van der Waals surface area contributed by atoms with E-state index >= 15 is 0 Å². The SMILES string of the molecule is COc1ccc2c(C)c(CCC(=O)OCc3nc(-c4ccccc4C)no3)c(=O)oc2c1. The average Bonchev–Trinajstić information content (AvgIpc) is 3.26. The number of aryl methyl sites for hydroxylation is 2. The van der Waals surface area contributed by atoms with Crippen molar-refractivity contribution < 1.29 is 23.2 Å². The fourth-order valence-electron chi connectivity index (χ4n) is 3.48. The van der Waals surface area contributed by atoms with Gasteiger partial charge >= 0.3 is 11.6 Å². The molecule has 0 aliphatic heterocycles. The number of carbonyl (C=O) groups excluding carboxylic acids is 1. The molecule has 0 saturated heterocycles. The van der Waals surface area contributed by atoms with E-state index in [0.717, 1.165) is 22.1 Å². The maximum Gasteiger partial charge on any atom is 0.339 e. The van der Waals surface area contributed by atoms with Crippen molar-refractivity contribution in [3.05, 3.63) is 75.5 Å². The monoisotopic (exact) mass is 434 g/mol. The highest BCUT2D eigenvalue weighted by Gasteiger charge is 2.16. The number of benzene rings is 2. The van der Waals surface area contributed by atoms with E-state index in [2.05, 4.69) is 10.1 Å². The summed E-state index contributed by atoms with van der Waals surface area (Å²) in [6.45, 7) is 3.65. The fraction of sp³-hybridized carbons (Fsp3) is 0.250. The number of carbonyl (C=O) groups is 1. The van der Waals surface area contributed by atoms with Gasteiger partial charge in [-0.2, -0.15) is 4.98 Å². The van der Waals surface area contributed by atoms with Crippen LogP contribution in [0.1, 0.15) is 29.0 Å². The first-order chi connectivity index (χ1) is 15.5. The highest BCUT2D eigenvalue weighted by Crippen LogP contribution is 2.24. The highest BCUT2D eigenvalue weighted by molar-refractivity contribution is 5.82. The van der Waals surface area contributed by atoms with Crippen molar-refractivity contribution in [3.8, 4) is 17.1 Å². The maximum absolute atomic E-state index is 12.4. The number of hydrogen-bond donors (Lipinski definition) is 0. The molecular weight excluding hydrogens is 412 g/mol. The molecule has 0 spiro atoms. The Morgan fingerprint density at radius 3 is 2.72 bits per heavy atom. The minimum Gasteiger partial charge on any atom is -0.497 e. The summed E-state index contributed by atoms with van der Waals surface area (Å²) in [5, 5.41) is 4.74. The van der Waals surface area contributed by atoms with E-state index in [9.17, 15) is 9.59 Å². The van der Waals surface area contributed by atoms with Gasteiger partial charge < -0.3 is 18.4 Å². The zero-order chi connectivity index (χ0) is 22.7.